The highest BCUT2D eigenvalue weighted by atomic mass is 35.5. The van der Waals surface area contributed by atoms with Gasteiger partial charge in [-0.2, -0.15) is 0 Å². The molecule has 0 saturated heterocycles. The topological polar surface area (TPSA) is 81.4 Å². The molecule has 1 atom stereocenters. The van der Waals surface area contributed by atoms with Crippen molar-refractivity contribution in [2.75, 3.05) is 6.61 Å². The number of ketones is 1. The van der Waals surface area contributed by atoms with Crippen LogP contribution in [0.25, 0.3) is 10.9 Å². The van der Waals surface area contributed by atoms with Gasteiger partial charge in [0.15, 0.2) is 5.78 Å². The van der Waals surface area contributed by atoms with Crippen molar-refractivity contribution in [3.8, 4) is 5.75 Å². The molecule has 6 nitrogen and oxygen atoms in total. The lowest BCUT2D eigenvalue weighted by atomic mass is 10.1. The van der Waals surface area contributed by atoms with Crippen LogP contribution in [-0.2, 0) is 6.54 Å². The number of ether oxygens (including phenoxy) is 1. The van der Waals surface area contributed by atoms with Crippen LogP contribution in [0, 0.1) is 0 Å². The van der Waals surface area contributed by atoms with E-state index in [-0.39, 0.29) is 24.5 Å². The number of benzene rings is 2. The fourth-order valence-corrected chi connectivity index (χ4v) is 2.84. The number of Topliss-reactive ketones (excluding diaryl/α,β-unsaturated/α-hetero) is 1. The number of rotatable bonds is 7. The van der Waals surface area contributed by atoms with E-state index >= 15 is 0 Å². The van der Waals surface area contributed by atoms with Crippen molar-refractivity contribution >= 4 is 28.3 Å². The molecule has 140 valence electrons. The molecule has 0 saturated carbocycles. The normalized spacial score (nSPS) is 12.1. The second kappa shape index (κ2) is 8.33. The summed E-state index contributed by atoms with van der Waals surface area (Å²) in [5.41, 5.74) is 0.883. The summed E-state index contributed by atoms with van der Waals surface area (Å²) in [7, 11) is 0. The minimum absolute atomic E-state index is 0.00612. The first-order valence-electron chi connectivity index (χ1n) is 8.56. The lowest BCUT2D eigenvalue weighted by Gasteiger charge is -2.14. The molecule has 1 unspecified atom stereocenters. The van der Waals surface area contributed by atoms with Crippen molar-refractivity contribution < 1.29 is 14.6 Å². The number of nitrogens with zero attached hydrogens (tertiary/aromatic N) is 2. The van der Waals surface area contributed by atoms with Gasteiger partial charge in [0.2, 0.25) is 0 Å². The van der Waals surface area contributed by atoms with Gasteiger partial charge in [-0.1, -0.05) is 18.5 Å². The molecule has 1 aromatic heterocycles. The molecule has 0 aliphatic carbocycles. The van der Waals surface area contributed by atoms with Crippen molar-refractivity contribution in [1.82, 2.24) is 9.55 Å². The Hall–Kier alpha value is -2.70. The van der Waals surface area contributed by atoms with Crippen molar-refractivity contribution in [1.29, 1.82) is 0 Å². The van der Waals surface area contributed by atoms with E-state index < -0.39 is 6.10 Å². The third-order valence-corrected chi connectivity index (χ3v) is 4.37. The average molecular weight is 387 g/mol. The highest BCUT2D eigenvalue weighted by molar-refractivity contribution is 6.31. The zero-order valence-electron chi connectivity index (χ0n) is 14.8. The monoisotopic (exact) mass is 386 g/mol. The van der Waals surface area contributed by atoms with Crippen molar-refractivity contribution in [2.24, 2.45) is 0 Å². The second-order valence-electron chi connectivity index (χ2n) is 6.13. The quantitative estimate of drug-likeness (QED) is 0.631. The van der Waals surface area contributed by atoms with Gasteiger partial charge in [0.1, 0.15) is 18.5 Å². The first-order valence-corrected chi connectivity index (χ1v) is 8.94. The third kappa shape index (κ3) is 4.53. The number of halogens is 1. The maximum absolute atomic E-state index is 12.5. The Morgan fingerprint density at radius 3 is 2.70 bits per heavy atom. The Labute approximate surface area is 161 Å². The summed E-state index contributed by atoms with van der Waals surface area (Å²) < 4.78 is 6.88. The zero-order valence-corrected chi connectivity index (χ0v) is 15.5. The van der Waals surface area contributed by atoms with E-state index in [4.69, 9.17) is 16.3 Å². The number of hydrogen-bond donors (Lipinski definition) is 1. The Morgan fingerprint density at radius 1 is 1.26 bits per heavy atom. The van der Waals surface area contributed by atoms with E-state index in [0.29, 0.717) is 33.7 Å². The van der Waals surface area contributed by atoms with Gasteiger partial charge in [-0.3, -0.25) is 14.2 Å². The minimum Gasteiger partial charge on any atom is -0.491 e. The van der Waals surface area contributed by atoms with Crippen LogP contribution in [0.2, 0.25) is 5.02 Å². The Balaban J connectivity index is 1.64. The smallest absolute Gasteiger partial charge is 0.261 e. The van der Waals surface area contributed by atoms with E-state index in [0.717, 1.165) is 0 Å². The molecule has 0 spiro atoms. The molecule has 1 heterocycles. The van der Waals surface area contributed by atoms with Gasteiger partial charge >= 0.3 is 0 Å². The molecule has 0 aliphatic rings. The molecule has 0 amide bonds. The third-order valence-electron chi connectivity index (χ3n) is 4.13. The highest BCUT2D eigenvalue weighted by Crippen LogP contribution is 2.15. The largest absolute Gasteiger partial charge is 0.491 e. The van der Waals surface area contributed by atoms with Crippen LogP contribution in [0.4, 0.5) is 0 Å². The van der Waals surface area contributed by atoms with E-state index in [1.54, 1.807) is 49.4 Å². The van der Waals surface area contributed by atoms with Gasteiger partial charge in [-0.05, 0) is 42.5 Å². The van der Waals surface area contributed by atoms with Crippen LogP contribution < -0.4 is 10.3 Å². The molecule has 0 aliphatic heterocycles. The number of fused-ring (bicyclic) bond motifs is 1. The number of aliphatic hydroxyl groups excluding tert-OH is 1. The van der Waals surface area contributed by atoms with Gasteiger partial charge in [0, 0.05) is 17.0 Å². The van der Waals surface area contributed by atoms with E-state index in [1.807, 2.05) is 0 Å². The summed E-state index contributed by atoms with van der Waals surface area (Å²) in [6, 6.07) is 11.6. The van der Waals surface area contributed by atoms with E-state index in [2.05, 4.69) is 4.98 Å². The summed E-state index contributed by atoms with van der Waals surface area (Å²) in [5.74, 6) is 0.603. The SMILES string of the molecule is CCC(=O)c1ccc(OCC(O)Cn2cnc3cc(Cl)ccc3c2=O)cc1. The first-order chi connectivity index (χ1) is 13.0. The molecule has 0 bridgehead atoms. The number of carbonyl (C=O) groups excluding carboxylic acids is 1. The molecular formula is C20H19ClN2O4. The maximum Gasteiger partial charge on any atom is 0.261 e. The van der Waals surface area contributed by atoms with Crippen LogP contribution in [0.5, 0.6) is 5.75 Å². The van der Waals surface area contributed by atoms with Gasteiger partial charge < -0.3 is 9.84 Å². The summed E-state index contributed by atoms with van der Waals surface area (Å²) in [4.78, 5) is 28.3. The van der Waals surface area contributed by atoms with Gasteiger partial charge in [-0.15, -0.1) is 0 Å². The van der Waals surface area contributed by atoms with Crippen LogP contribution in [0.3, 0.4) is 0 Å². The molecule has 2 aromatic carbocycles. The van der Waals surface area contributed by atoms with Crippen LogP contribution in [0.15, 0.2) is 53.6 Å². The van der Waals surface area contributed by atoms with Gasteiger partial charge in [0.05, 0.1) is 23.8 Å². The molecule has 0 radical (unpaired) electrons. The fourth-order valence-electron chi connectivity index (χ4n) is 2.67. The standard InChI is InChI=1S/C20H19ClN2O4/c1-2-19(25)13-3-6-16(7-4-13)27-11-15(24)10-23-12-22-18-9-14(21)5-8-17(18)20(23)26/h3-9,12,15,24H,2,10-11H2,1H3. The Morgan fingerprint density at radius 2 is 2.00 bits per heavy atom. The fraction of sp³-hybridized carbons (Fsp3) is 0.250. The zero-order chi connectivity index (χ0) is 19.4. The van der Waals surface area contributed by atoms with Crippen LogP contribution in [0.1, 0.15) is 23.7 Å². The molecule has 27 heavy (non-hydrogen) atoms. The molecule has 3 aromatic rings. The van der Waals surface area contributed by atoms with Gasteiger partial charge in [0.25, 0.3) is 5.56 Å². The Bertz CT molecular complexity index is 1010. The van der Waals surface area contributed by atoms with Crippen molar-refractivity contribution in [3.63, 3.8) is 0 Å². The summed E-state index contributed by atoms with van der Waals surface area (Å²) in [5, 5.41) is 11.1. The van der Waals surface area contributed by atoms with Crippen molar-refractivity contribution in [2.45, 2.75) is 26.0 Å². The van der Waals surface area contributed by atoms with Gasteiger partial charge in [-0.25, -0.2) is 4.98 Å². The predicted octanol–water partition coefficient (Wildman–Crippen LogP) is 3.08. The summed E-state index contributed by atoms with van der Waals surface area (Å²) >= 11 is 5.91. The van der Waals surface area contributed by atoms with Crippen LogP contribution >= 0.6 is 11.6 Å². The molecular weight excluding hydrogens is 368 g/mol. The van der Waals surface area contributed by atoms with Crippen LogP contribution in [-0.4, -0.2) is 33.2 Å². The average Bonchev–Trinajstić information content (AvgIpc) is 2.68. The van der Waals surface area contributed by atoms with E-state index in [9.17, 15) is 14.7 Å². The first kappa shape index (κ1) is 19.1. The molecule has 0 fully saturated rings. The molecule has 3 rings (SSSR count). The number of hydrogen-bond acceptors (Lipinski definition) is 5. The molecule has 7 heteroatoms. The predicted molar refractivity (Wildman–Crippen MR) is 104 cm³/mol. The minimum atomic E-state index is -0.897. The lowest BCUT2D eigenvalue weighted by molar-refractivity contribution is 0.0913. The lowest BCUT2D eigenvalue weighted by Crippen LogP contribution is -2.30. The highest BCUT2D eigenvalue weighted by Gasteiger charge is 2.11. The Kier molecular flexibility index (Phi) is 5.88. The summed E-state index contributed by atoms with van der Waals surface area (Å²) in [6.07, 6.45) is 0.931. The van der Waals surface area contributed by atoms with Crippen molar-refractivity contribution in [3.05, 3.63) is 69.7 Å². The number of aromatic nitrogens is 2. The number of aliphatic hydroxyl groups is 1. The maximum atomic E-state index is 12.5. The van der Waals surface area contributed by atoms with E-state index in [1.165, 1.54) is 10.9 Å². The second-order valence-corrected chi connectivity index (χ2v) is 6.57. The molecule has 1 N–H and O–H groups in total. The number of carbonyl (C=O) groups is 1. The summed E-state index contributed by atoms with van der Waals surface area (Å²) in [6.45, 7) is 1.87.